The van der Waals surface area contributed by atoms with Crippen molar-refractivity contribution in [2.45, 2.75) is 90.6 Å². The smallest absolute Gasteiger partial charge is 0.339 e. The van der Waals surface area contributed by atoms with E-state index in [-0.39, 0.29) is 60.0 Å². The van der Waals surface area contributed by atoms with E-state index in [1.165, 1.54) is 33.5 Å². The summed E-state index contributed by atoms with van der Waals surface area (Å²) in [5, 5.41) is 10.1. The number of hydrogen-bond donors (Lipinski definition) is 4. The molecule has 4 N–H and O–H groups in total. The number of terminal acetylenes is 1. The first-order valence-corrected chi connectivity index (χ1v) is 26.3. The predicted molar refractivity (Wildman–Crippen MR) is 272 cm³/mol. The number of aromatic nitrogens is 2. The summed E-state index contributed by atoms with van der Waals surface area (Å²) in [7, 11) is -2.46. The number of carboxylic acids is 1. The van der Waals surface area contributed by atoms with Crippen LogP contribution in [0.25, 0.3) is 0 Å². The fraction of sp³-hybridized carbons (Fsp3) is 0.489. The molecule has 3 aliphatic heterocycles. The molecule has 25 heteroatoms. The van der Waals surface area contributed by atoms with Gasteiger partial charge in [-0.15, -0.1) is 18.0 Å². The van der Waals surface area contributed by atoms with E-state index >= 15 is 0 Å². The second-order valence-corrected chi connectivity index (χ2v) is 21.5. The Morgan fingerprint density at radius 3 is 2.47 bits per heavy atom. The maximum absolute atomic E-state index is 14.5. The van der Waals surface area contributed by atoms with Crippen LogP contribution in [0.1, 0.15) is 70.4 Å². The van der Waals surface area contributed by atoms with Gasteiger partial charge in [-0.25, -0.2) is 9.38 Å². The number of nitrogens with zero attached hydrogens (tertiary/aromatic N) is 6. The van der Waals surface area contributed by atoms with Gasteiger partial charge in [-0.3, -0.25) is 34.0 Å². The number of aliphatic carboxylic acids is 1. The number of benzene rings is 2. The number of hydrogen-bond acceptors (Lipinski definition) is 13. The molecule has 1 saturated heterocycles. The molecule has 2 aromatic heterocycles. The minimum Gasteiger partial charge on any atom is -0.481 e. The van der Waals surface area contributed by atoms with Gasteiger partial charge in [0.05, 0.1) is 56.2 Å². The Balaban J connectivity index is 0.000000219. The third-order valence-electron chi connectivity index (χ3n) is 10.9. The fourth-order valence-corrected chi connectivity index (χ4v) is 9.33. The van der Waals surface area contributed by atoms with E-state index in [1.807, 2.05) is 36.6 Å². The predicted octanol–water partition coefficient (Wildman–Crippen LogP) is 6.94. The molecule has 3 aliphatic rings. The minimum absolute atomic E-state index is 0.0223. The molecule has 394 valence electrons. The third kappa shape index (κ3) is 16.3. The summed E-state index contributed by atoms with van der Waals surface area (Å²) in [5.41, 5.74) is 3.15. The molecule has 2 unspecified atom stereocenters. The molecule has 3 amide bonds. The first-order chi connectivity index (χ1) is 33.8. The van der Waals surface area contributed by atoms with Crippen LogP contribution in [-0.2, 0) is 52.6 Å². The maximum Gasteiger partial charge on any atom is 0.339 e. The molecule has 0 bridgehead atoms. The molecule has 2 atom stereocenters. The Bertz CT molecular complexity index is 2690. The molecule has 5 heterocycles. The number of carboxylic acid groups (broad SMARTS) is 1. The van der Waals surface area contributed by atoms with Crippen molar-refractivity contribution in [3.63, 3.8) is 0 Å². The number of furan rings is 1. The number of methoxy groups -OCH3 is 1. The number of rotatable bonds is 14. The lowest BCUT2D eigenvalue weighted by Crippen LogP contribution is -2.45. The van der Waals surface area contributed by atoms with Crippen molar-refractivity contribution in [3.8, 4) is 18.1 Å². The molecule has 72 heavy (non-hydrogen) atoms. The summed E-state index contributed by atoms with van der Waals surface area (Å²) in [5.74, 6) is 2.00. The zero-order valence-corrected chi connectivity index (χ0v) is 45.0. The standard InChI is InChI=1S/C18H17FN4O2S.C15H22ClNO2.C11H13Cl2NO3.C3H8NO5P/c1-4-5-22-13-7-12(11(19)6-14(13)25-9-16(22)24)20-17-23-10-18(2,3)8-15(23)21-26-17;1-5-13-8-6-7-11(2)15(13)17(14(18)9-16)12(3)10-19-4;1-11(2)14(10(15)9(12)13)6-8(17-11)7-4-3-5-16-7;5-3(6)1-4-2-10(7,8)9/h1,6-7H,5,8-10H2,2-3H3;6-8,12H,5,9-10H2,1-4H3;3-5,8-9H,6H2,1-2H3;4H,1-2H2,(H,5,6)(H2,7,8,9). The highest BCUT2D eigenvalue weighted by Gasteiger charge is 2.45. The number of carbonyl (C=O) groups excluding carboxylic acids is 3. The van der Waals surface area contributed by atoms with Gasteiger partial charge in [0, 0.05) is 37.7 Å². The summed E-state index contributed by atoms with van der Waals surface area (Å²) < 4.78 is 52.6. The van der Waals surface area contributed by atoms with Gasteiger partial charge in [-0.05, 0) is 68.9 Å². The summed E-state index contributed by atoms with van der Waals surface area (Å²) in [6.07, 6.45) is 7.79. The van der Waals surface area contributed by atoms with E-state index in [1.54, 1.807) is 38.2 Å². The minimum atomic E-state index is -4.10. The Labute approximate surface area is 436 Å². The number of fused-ring (bicyclic) bond motifs is 2. The third-order valence-corrected chi connectivity index (χ3v) is 13.0. The topological polar surface area (TPSA) is 239 Å². The second kappa shape index (κ2) is 26.4. The number of para-hydroxylation sites is 1. The van der Waals surface area contributed by atoms with Gasteiger partial charge in [-0.2, -0.15) is 4.37 Å². The van der Waals surface area contributed by atoms with Gasteiger partial charge in [-0.1, -0.05) is 68.1 Å². The normalized spacial score (nSPS) is 16.9. The Morgan fingerprint density at radius 2 is 1.89 bits per heavy atom. The SMILES string of the molecule is C#CCN1C(=O)COc2cc(F)c(N=c3snc4n3CC(C)(C)C4)cc21.CC1(C)OC(c2ccco2)CN1C(=O)C(Cl)Cl.CCc1cccc(C)c1N(C(=O)CCl)C(C)COC.O=C(O)CNCP(=O)(O)O. The molecule has 1 fully saturated rings. The highest BCUT2D eigenvalue weighted by atomic mass is 35.5. The highest BCUT2D eigenvalue weighted by Crippen LogP contribution is 2.39. The number of nitrogens with one attached hydrogen (secondary N) is 1. The van der Waals surface area contributed by atoms with Gasteiger partial charge in [0.25, 0.3) is 11.8 Å². The highest BCUT2D eigenvalue weighted by molar-refractivity contribution is 7.51. The molecule has 0 saturated carbocycles. The first kappa shape index (κ1) is 59.7. The Hall–Kier alpha value is -4.85. The van der Waals surface area contributed by atoms with Crippen LogP contribution in [0, 0.1) is 30.5 Å². The molecule has 4 aromatic rings. The van der Waals surface area contributed by atoms with E-state index in [2.05, 4.69) is 47.4 Å². The van der Waals surface area contributed by atoms with Gasteiger partial charge >= 0.3 is 13.6 Å². The monoisotopic (exact) mass is 1100 g/mol. The lowest BCUT2D eigenvalue weighted by Gasteiger charge is -2.31. The zero-order valence-electron chi connectivity index (χ0n) is 41.1. The van der Waals surface area contributed by atoms with Crippen LogP contribution in [0.2, 0.25) is 0 Å². The molecular weight excluding hydrogens is 1040 g/mol. The van der Waals surface area contributed by atoms with Crippen LogP contribution in [0.4, 0.5) is 21.5 Å². The van der Waals surface area contributed by atoms with Crippen LogP contribution < -0.4 is 24.7 Å². The van der Waals surface area contributed by atoms with Gasteiger partial charge in [0.1, 0.15) is 40.7 Å². The first-order valence-electron chi connectivity index (χ1n) is 22.3. The number of carbonyl (C=O) groups is 4. The van der Waals surface area contributed by atoms with Crippen molar-refractivity contribution >= 4 is 94.7 Å². The van der Waals surface area contributed by atoms with Crippen molar-refractivity contribution in [3.05, 3.63) is 82.1 Å². The van der Waals surface area contributed by atoms with Crippen LogP contribution in [0.15, 0.2) is 58.1 Å². The van der Waals surface area contributed by atoms with E-state index in [9.17, 15) is 28.1 Å². The number of ether oxygens (including phenoxy) is 3. The number of alkyl halides is 3. The lowest BCUT2D eigenvalue weighted by atomic mass is 9.92. The lowest BCUT2D eigenvalue weighted by molar-refractivity contribution is -0.144. The van der Waals surface area contributed by atoms with Crippen molar-refractivity contribution in [1.29, 1.82) is 0 Å². The van der Waals surface area contributed by atoms with Crippen LogP contribution >= 0.6 is 53.9 Å². The zero-order chi connectivity index (χ0) is 53.7. The molecule has 7 rings (SSSR count). The van der Waals surface area contributed by atoms with Crippen molar-refractivity contribution in [2.75, 3.05) is 61.9 Å². The fourth-order valence-electron chi connectivity index (χ4n) is 7.81. The second-order valence-electron chi connectivity index (χ2n) is 17.8. The number of halogens is 4. The van der Waals surface area contributed by atoms with Gasteiger partial charge < -0.3 is 47.9 Å². The quantitative estimate of drug-likeness (QED) is 0.0569. The van der Waals surface area contributed by atoms with E-state index < -0.39 is 42.8 Å². The van der Waals surface area contributed by atoms with E-state index in [0.29, 0.717) is 35.2 Å². The van der Waals surface area contributed by atoms with Crippen LogP contribution in [0.5, 0.6) is 5.75 Å². The molecular formula is C47H60Cl3FN7O12PS. The molecule has 0 radical (unpaired) electrons. The Kier molecular flexibility index (Phi) is 21.9. The summed E-state index contributed by atoms with van der Waals surface area (Å²) >= 11 is 18.2. The van der Waals surface area contributed by atoms with Crippen molar-refractivity contribution in [2.24, 2.45) is 10.4 Å². The van der Waals surface area contributed by atoms with Crippen molar-refractivity contribution in [1.82, 2.24) is 19.2 Å². The molecule has 19 nitrogen and oxygen atoms in total. The summed E-state index contributed by atoms with van der Waals surface area (Å²) in [6, 6.07) is 12.4. The van der Waals surface area contributed by atoms with E-state index in [0.717, 1.165) is 42.0 Å². The maximum atomic E-state index is 14.5. The van der Waals surface area contributed by atoms with Crippen LogP contribution in [-0.4, -0.2) is 121 Å². The average Bonchev–Trinajstić information content (AvgIpc) is 4.10. The summed E-state index contributed by atoms with van der Waals surface area (Å²) in [4.78, 5) is 70.9. The van der Waals surface area contributed by atoms with Gasteiger partial charge in [0.2, 0.25) is 10.7 Å². The van der Waals surface area contributed by atoms with Crippen molar-refractivity contribution < 1.29 is 61.7 Å². The van der Waals surface area contributed by atoms with Gasteiger partial charge in [0.15, 0.2) is 17.3 Å². The number of aryl methyl sites for hydroxylation is 2. The Morgan fingerprint density at radius 1 is 1.18 bits per heavy atom. The number of anilines is 2. The largest absolute Gasteiger partial charge is 0.481 e. The average molecular weight is 1100 g/mol. The van der Waals surface area contributed by atoms with E-state index in [4.69, 9.17) is 74.7 Å². The molecule has 2 aromatic carbocycles. The molecule has 0 spiro atoms. The molecule has 0 aliphatic carbocycles. The van der Waals surface area contributed by atoms with Crippen LogP contribution in [0.3, 0.4) is 0 Å². The summed E-state index contributed by atoms with van der Waals surface area (Å²) in [6.45, 7) is 15.2. The number of amides is 3.